The van der Waals surface area contributed by atoms with Crippen LogP contribution in [0.15, 0.2) is 42.5 Å². The zero-order chi connectivity index (χ0) is 15.0. The monoisotopic (exact) mass is 296 g/mol. The normalized spacial score (nSPS) is 14.0. The van der Waals surface area contributed by atoms with Crippen molar-refractivity contribution < 1.29 is 17.6 Å². The maximum Gasteiger partial charge on any atom is 0.416 e. The SMILES string of the molecule is Fc1cccc2c1NCN2Cc1ccc(C(F)(F)F)cc1. The van der Waals surface area contributed by atoms with E-state index in [9.17, 15) is 17.6 Å². The van der Waals surface area contributed by atoms with E-state index in [1.54, 1.807) is 12.1 Å². The van der Waals surface area contributed by atoms with E-state index in [0.717, 1.165) is 23.4 Å². The van der Waals surface area contributed by atoms with Crippen LogP contribution in [0, 0.1) is 5.82 Å². The Morgan fingerprint density at radius 3 is 2.43 bits per heavy atom. The fourth-order valence-corrected chi connectivity index (χ4v) is 2.37. The quantitative estimate of drug-likeness (QED) is 0.834. The zero-order valence-corrected chi connectivity index (χ0v) is 10.9. The first-order chi connectivity index (χ1) is 9.95. The molecule has 0 aliphatic carbocycles. The smallest absolute Gasteiger partial charge is 0.364 e. The van der Waals surface area contributed by atoms with Gasteiger partial charge in [0.25, 0.3) is 0 Å². The van der Waals surface area contributed by atoms with Gasteiger partial charge in [0.15, 0.2) is 0 Å². The molecule has 2 nitrogen and oxygen atoms in total. The number of hydrogen-bond acceptors (Lipinski definition) is 2. The summed E-state index contributed by atoms with van der Waals surface area (Å²) >= 11 is 0. The molecular weight excluding hydrogens is 284 g/mol. The van der Waals surface area contributed by atoms with E-state index < -0.39 is 11.7 Å². The summed E-state index contributed by atoms with van der Waals surface area (Å²) < 4.78 is 51.1. The Kier molecular flexibility index (Phi) is 3.23. The highest BCUT2D eigenvalue weighted by Gasteiger charge is 2.30. The highest BCUT2D eigenvalue weighted by Crippen LogP contribution is 2.34. The molecule has 0 amide bonds. The van der Waals surface area contributed by atoms with Crippen LogP contribution in [0.3, 0.4) is 0 Å². The number of hydrogen-bond donors (Lipinski definition) is 1. The van der Waals surface area contributed by atoms with Crippen LogP contribution >= 0.6 is 0 Å². The molecule has 3 rings (SSSR count). The standard InChI is InChI=1S/C15H12F4N2/c16-12-2-1-3-13-14(12)20-9-21(13)8-10-4-6-11(7-5-10)15(17,18)19/h1-7,20H,8-9H2. The molecule has 0 fully saturated rings. The van der Waals surface area contributed by atoms with Gasteiger partial charge in [-0.15, -0.1) is 0 Å². The number of alkyl halides is 3. The third-order valence-electron chi connectivity index (χ3n) is 3.43. The first-order valence-electron chi connectivity index (χ1n) is 6.38. The molecule has 0 spiro atoms. The molecule has 0 saturated carbocycles. The second-order valence-electron chi connectivity index (χ2n) is 4.86. The van der Waals surface area contributed by atoms with Crippen molar-refractivity contribution in [2.75, 3.05) is 16.9 Å². The molecular formula is C15H12F4N2. The van der Waals surface area contributed by atoms with Crippen LogP contribution < -0.4 is 10.2 Å². The van der Waals surface area contributed by atoms with Gasteiger partial charge in [0, 0.05) is 6.54 Å². The summed E-state index contributed by atoms with van der Waals surface area (Å²) in [4.78, 5) is 1.88. The lowest BCUT2D eigenvalue weighted by molar-refractivity contribution is -0.137. The molecule has 1 aliphatic heterocycles. The van der Waals surface area contributed by atoms with Crippen molar-refractivity contribution in [3.63, 3.8) is 0 Å². The highest BCUT2D eigenvalue weighted by atomic mass is 19.4. The van der Waals surface area contributed by atoms with E-state index in [-0.39, 0.29) is 5.82 Å². The van der Waals surface area contributed by atoms with E-state index in [0.29, 0.717) is 18.9 Å². The Hall–Kier alpha value is -2.24. The first kappa shape index (κ1) is 13.7. The third-order valence-corrected chi connectivity index (χ3v) is 3.43. The molecule has 0 unspecified atom stereocenters. The number of fused-ring (bicyclic) bond motifs is 1. The Morgan fingerprint density at radius 1 is 1.05 bits per heavy atom. The van der Waals surface area contributed by atoms with Gasteiger partial charge in [-0.25, -0.2) is 4.39 Å². The minimum absolute atomic E-state index is 0.331. The van der Waals surface area contributed by atoms with E-state index in [1.807, 2.05) is 4.90 Å². The van der Waals surface area contributed by atoms with Gasteiger partial charge in [-0.1, -0.05) is 18.2 Å². The van der Waals surface area contributed by atoms with Crippen LogP contribution in [0.25, 0.3) is 0 Å². The van der Waals surface area contributed by atoms with Crippen molar-refractivity contribution in [2.24, 2.45) is 0 Å². The Balaban J connectivity index is 1.79. The van der Waals surface area contributed by atoms with Gasteiger partial charge in [-0.2, -0.15) is 13.2 Å². The molecule has 6 heteroatoms. The number of anilines is 2. The highest BCUT2D eigenvalue weighted by molar-refractivity contribution is 5.75. The molecule has 1 heterocycles. The number of rotatable bonds is 2. The summed E-state index contributed by atoms with van der Waals surface area (Å²) in [5.41, 5.74) is 1.22. The topological polar surface area (TPSA) is 15.3 Å². The first-order valence-corrected chi connectivity index (χ1v) is 6.38. The van der Waals surface area contributed by atoms with Crippen molar-refractivity contribution in [1.82, 2.24) is 0 Å². The van der Waals surface area contributed by atoms with Crippen LogP contribution in [0.4, 0.5) is 28.9 Å². The van der Waals surface area contributed by atoms with Crippen LogP contribution in [-0.4, -0.2) is 6.67 Å². The summed E-state index contributed by atoms with van der Waals surface area (Å²) in [5.74, 6) is -0.331. The third kappa shape index (κ3) is 2.66. The predicted octanol–water partition coefficient (Wildman–Crippen LogP) is 4.23. The fourth-order valence-electron chi connectivity index (χ4n) is 2.37. The number of nitrogens with one attached hydrogen (secondary N) is 1. The molecule has 21 heavy (non-hydrogen) atoms. The van der Waals surface area contributed by atoms with E-state index in [4.69, 9.17) is 0 Å². The van der Waals surface area contributed by atoms with Gasteiger partial charge in [0.2, 0.25) is 0 Å². The summed E-state index contributed by atoms with van der Waals surface area (Å²) in [6.07, 6.45) is -4.33. The van der Waals surface area contributed by atoms with Crippen LogP contribution in [0.2, 0.25) is 0 Å². The average molecular weight is 296 g/mol. The average Bonchev–Trinajstić information content (AvgIpc) is 2.83. The summed E-state index contributed by atoms with van der Waals surface area (Å²) in [6, 6.07) is 9.77. The Morgan fingerprint density at radius 2 is 1.76 bits per heavy atom. The van der Waals surface area contributed by atoms with Crippen molar-refractivity contribution in [3.05, 3.63) is 59.4 Å². The minimum atomic E-state index is -4.33. The summed E-state index contributed by atoms with van der Waals surface area (Å²) in [5, 5.41) is 2.95. The van der Waals surface area contributed by atoms with Crippen molar-refractivity contribution >= 4 is 11.4 Å². The van der Waals surface area contributed by atoms with Gasteiger partial charge in [0.1, 0.15) is 5.82 Å². The predicted molar refractivity (Wildman–Crippen MR) is 72.5 cm³/mol. The maximum absolute atomic E-state index is 13.6. The molecule has 2 aromatic rings. The van der Waals surface area contributed by atoms with Gasteiger partial charge < -0.3 is 10.2 Å². The molecule has 0 aromatic heterocycles. The summed E-state index contributed by atoms with van der Waals surface area (Å²) in [6.45, 7) is 0.846. The largest absolute Gasteiger partial charge is 0.416 e. The van der Waals surface area contributed by atoms with Crippen molar-refractivity contribution in [1.29, 1.82) is 0 Å². The van der Waals surface area contributed by atoms with Crippen molar-refractivity contribution in [3.8, 4) is 0 Å². The van der Waals surface area contributed by atoms with E-state index in [1.165, 1.54) is 18.2 Å². The summed E-state index contributed by atoms with van der Waals surface area (Å²) in [7, 11) is 0. The van der Waals surface area contributed by atoms with E-state index >= 15 is 0 Å². The van der Waals surface area contributed by atoms with Gasteiger partial charge >= 0.3 is 6.18 Å². The molecule has 0 bridgehead atoms. The number of para-hydroxylation sites is 1. The zero-order valence-electron chi connectivity index (χ0n) is 10.9. The fraction of sp³-hybridized carbons (Fsp3) is 0.200. The second-order valence-corrected chi connectivity index (χ2v) is 4.86. The van der Waals surface area contributed by atoms with Crippen molar-refractivity contribution in [2.45, 2.75) is 12.7 Å². The van der Waals surface area contributed by atoms with Crippen LogP contribution in [-0.2, 0) is 12.7 Å². The lowest BCUT2D eigenvalue weighted by Gasteiger charge is -2.18. The Bertz CT molecular complexity index is 650. The molecule has 1 aliphatic rings. The lowest BCUT2D eigenvalue weighted by Crippen LogP contribution is -2.22. The maximum atomic E-state index is 13.6. The molecule has 0 atom stereocenters. The molecule has 0 saturated heterocycles. The lowest BCUT2D eigenvalue weighted by atomic mass is 10.1. The van der Waals surface area contributed by atoms with E-state index in [2.05, 4.69) is 5.32 Å². The molecule has 1 N–H and O–H groups in total. The number of nitrogens with zero attached hydrogens (tertiary/aromatic N) is 1. The van der Waals surface area contributed by atoms with Gasteiger partial charge in [-0.05, 0) is 29.8 Å². The molecule has 2 aromatic carbocycles. The van der Waals surface area contributed by atoms with Gasteiger partial charge in [-0.3, -0.25) is 0 Å². The second kappa shape index (κ2) is 4.95. The number of halogens is 4. The van der Waals surface area contributed by atoms with Crippen LogP contribution in [0.1, 0.15) is 11.1 Å². The minimum Gasteiger partial charge on any atom is -0.364 e. The molecule has 110 valence electrons. The number of benzene rings is 2. The van der Waals surface area contributed by atoms with Gasteiger partial charge in [0.05, 0.1) is 23.6 Å². The Labute approximate surface area is 119 Å². The van der Waals surface area contributed by atoms with Crippen LogP contribution in [0.5, 0.6) is 0 Å². The molecule has 0 radical (unpaired) electrons.